The standard InChI is InChI=1S/C14H18N2O2/c1-14(2,17)10-16-9-8-12(15-16)11-6-4-5-7-13(11)18-3/h4-9,17H,10H2,1-3H3. The molecular weight excluding hydrogens is 228 g/mol. The summed E-state index contributed by atoms with van der Waals surface area (Å²) < 4.78 is 7.05. The summed E-state index contributed by atoms with van der Waals surface area (Å²) in [6.45, 7) is 3.98. The van der Waals surface area contributed by atoms with Gasteiger partial charge in [0.1, 0.15) is 5.75 Å². The SMILES string of the molecule is COc1ccccc1-c1ccn(CC(C)(C)O)n1. The molecule has 0 bridgehead atoms. The number of hydrogen-bond acceptors (Lipinski definition) is 3. The topological polar surface area (TPSA) is 47.3 Å². The number of aromatic nitrogens is 2. The molecule has 1 N–H and O–H groups in total. The van der Waals surface area contributed by atoms with Crippen LogP contribution in [-0.4, -0.2) is 27.6 Å². The van der Waals surface area contributed by atoms with Crippen LogP contribution >= 0.6 is 0 Å². The second-order valence-electron chi connectivity index (χ2n) is 4.91. The van der Waals surface area contributed by atoms with Crippen molar-refractivity contribution in [2.75, 3.05) is 7.11 Å². The minimum absolute atomic E-state index is 0.460. The third-order valence-electron chi connectivity index (χ3n) is 2.57. The molecule has 0 saturated heterocycles. The molecule has 96 valence electrons. The van der Waals surface area contributed by atoms with Crippen molar-refractivity contribution in [3.63, 3.8) is 0 Å². The van der Waals surface area contributed by atoms with Crippen molar-refractivity contribution in [3.8, 4) is 17.0 Å². The zero-order valence-electron chi connectivity index (χ0n) is 10.9. The van der Waals surface area contributed by atoms with Crippen molar-refractivity contribution in [2.45, 2.75) is 26.0 Å². The number of ether oxygens (including phenoxy) is 1. The highest BCUT2D eigenvalue weighted by Gasteiger charge is 2.15. The quantitative estimate of drug-likeness (QED) is 0.900. The lowest BCUT2D eigenvalue weighted by atomic mass is 10.1. The molecule has 0 atom stereocenters. The number of benzene rings is 1. The maximum atomic E-state index is 9.77. The molecule has 1 aromatic heterocycles. The van der Waals surface area contributed by atoms with E-state index in [0.717, 1.165) is 17.0 Å². The van der Waals surface area contributed by atoms with E-state index in [9.17, 15) is 5.11 Å². The van der Waals surface area contributed by atoms with Crippen molar-refractivity contribution < 1.29 is 9.84 Å². The first-order valence-corrected chi connectivity index (χ1v) is 5.89. The molecule has 0 spiro atoms. The molecule has 0 amide bonds. The van der Waals surface area contributed by atoms with Crippen LogP contribution in [0.15, 0.2) is 36.5 Å². The molecule has 0 radical (unpaired) electrons. The summed E-state index contributed by atoms with van der Waals surface area (Å²) in [5.74, 6) is 0.797. The molecule has 4 heteroatoms. The average Bonchev–Trinajstić information content (AvgIpc) is 2.75. The molecule has 2 aromatic rings. The Labute approximate surface area is 107 Å². The summed E-state index contributed by atoms with van der Waals surface area (Å²) in [5, 5.41) is 14.2. The summed E-state index contributed by atoms with van der Waals surface area (Å²) >= 11 is 0. The summed E-state index contributed by atoms with van der Waals surface area (Å²) in [6.07, 6.45) is 1.86. The van der Waals surface area contributed by atoms with E-state index in [2.05, 4.69) is 5.10 Å². The first-order chi connectivity index (χ1) is 8.49. The number of rotatable bonds is 4. The van der Waals surface area contributed by atoms with Crippen LogP contribution < -0.4 is 4.74 Å². The summed E-state index contributed by atoms with van der Waals surface area (Å²) in [6, 6.07) is 9.67. The molecule has 4 nitrogen and oxygen atoms in total. The number of aliphatic hydroxyl groups is 1. The lowest BCUT2D eigenvalue weighted by Crippen LogP contribution is -2.26. The van der Waals surface area contributed by atoms with E-state index in [1.165, 1.54) is 0 Å². The zero-order valence-corrected chi connectivity index (χ0v) is 10.9. The van der Waals surface area contributed by atoms with Crippen molar-refractivity contribution >= 4 is 0 Å². The normalized spacial score (nSPS) is 11.6. The van der Waals surface area contributed by atoms with Gasteiger partial charge in [-0.15, -0.1) is 0 Å². The molecule has 0 unspecified atom stereocenters. The number of hydrogen-bond donors (Lipinski definition) is 1. The Morgan fingerprint density at radius 2 is 2.00 bits per heavy atom. The third-order valence-corrected chi connectivity index (χ3v) is 2.57. The van der Waals surface area contributed by atoms with E-state index in [-0.39, 0.29) is 0 Å². The Morgan fingerprint density at radius 3 is 2.67 bits per heavy atom. The van der Waals surface area contributed by atoms with Gasteiger partial charge in [0.15, 0.2) is 0 Å². The molecular formula is C14H18N2O2. The molecule has 0 aliphatic heterocycles. The van der Waals surface area contributed by atoms with Crippen LogP contribution in [0.5, 0.6) is 5.75 Å². The predicted octanol–water partition coefficient (Wildman–Crippen LogP) is 2.33. The van der Waals surface area contributed by atoms with Crippen LogP contribution in [-0.2, 0) is 6.54 Å². The second-order valence-corrected chi connectivity index (χ2v) is 4.91. The van der Waals surface area contributed by atoms with Crippen LogP contribution in [0.3, 0.4) is 0 Å². The third kappa shape index (κ3) is 2.90. The highest BCUT2D eigenvalue weighted by molar-refractivity contribution is 5.66. The lowest BCUT2D eigenvalue weighted by Gasteiger charge is -2.16. The minimum atomic E-state index is -0.774. The first-order valence-electron chi connectivity index (χ1n) is 5.89. The zero-order chi connectivity index (χ0) is 13.2. The largest absolute Gasteiger partial charge is 0.496 e. The number of para-hydroxylation sites is 1. The van der Waals surface area contributed by atoms with Gasteiger partial charge in [-0.1, -0.05) is 12.1 Å². The van der Waals surface area contributed by atoms with Gasteiger partial charge in [-0.05, 0) is 32.0 Å². The Morgan fingerprint density at radius 1 is 1.28 bits per heavy atom. The Bertz CT molecular complexity index is 527. The van der Waals surface area contributed by atoms with Gasteiger partial charge in [-0.25, -0.2) is 0 Å². The Balaban J connectivity index is 2.29. The van der Waals surface area contributed by atoms with Gasteiger partial charge in [-0.2, -0.15) is 5.10 Å². The fourth-order valence-corrected chi connectivity index (χ4v) is 1.85. The van der Waals surface area contributed by atoms with Gasteiger partial charge in [0.25, 0.3) is 0 Å². The summed E-state index contributed by atoms with van der Waals surface area (Å²) in [5.41, 5.74) is 1.02. The maximum absolute atomic E-state index is 9.77. The van der Waals surface area contributed by atoms with Gasteiger partial charge in [0.05, 0.1) is 24.9 Å². The van der Waals surface area contributed by atoms with Crippen LogP contribution in [0.25, 0.3) is 11.3 Å². The van der Waals surface area contributed by atoms with Gasteiger partial charge in [0.2, 0.25) is 0 Å². The molecule has 1 heterocycles. The van der Waals surface area contributed by atoms with Crippen LogP contribution in [0, 0.1) is 0 Å². The van der Waals surface area contributed by atoms with Crippen LogP contribution in [0.4, 0.5) is 0 Å². The molecule has 18 heavy (non-hydrogen) atoms. The second kappa shape index (κ2) is 4.82. The average molecular weight is 246 g/mol. The number of methoxy groups -OCH3 is 1. The predicted molar refractivity (Wildman–Crippen MR) is 70.5 cm³/mol. The fraction of sp³-hybridized carbons (Fsp3) is 0.357. The van der Waals surface area contributed by atoms with Crippen molar-refractivity contribution in [3.05, 3.63) is 36.5 Å². The molecule has 2 rings (SSSR count). The molecule has 1 aromatic carbocycles. The smallest absolute Gasteiger partial charge is 0.128 e. The molecule has 0 aliphatic carbocycles. The van der Waals surface area contributed by atoms with E-state index in [4.69, 9.17) is 4.74 Å². The van der Waals surface area contributed by atoms with Gasteiger partial charge in [0, 0.05) is 11.8 Å². The highest BCUT2D eigenvalue weighted by atomic mass is 16.5. The van der Waals surface area contributed by atoms with Crippen LogP contribution in [0.1, 0.15) is 13.8 Å². The number of nitrogens with zero attached hydrogens (tertiary/aromatic N) is 2. The van der Waals surface area contributed by atoms with Crippen molar-refractivity contribution in [2.24, 2.45) is 0 Å². The Kier molecular flexibility index (Phi) is 3.39. The van der Waals surface area contributed by atoms with Crippen molar-refractivity contribution in [1.82, 2.24) is 9.78 Å². The van der Waals surface area contributed by atoms with Crippen molar-refractivity contribution in [1.29, 1.82) is 0 Å². The first kappa shape index (κ1) is 12.6. The monoisotopic (exact) mass is 246 g/mol. The molecule has 0 aliphatic rings. The minimum Gasteiger partial charge on any atom is -0.496 e. The van der Waals surface area contributed by atoms with E-state index >= 15 is 0 Å². The summed E-state index contributed by atoms with van der Waals surface area (Å²) in [7, 11) is 1.65. The Hall–Kier alpha value is -1.81. The fourth-order valence-electron chi connectivity index (χ4n) is 1.85. The van der Waals surface area contributed by atoms with E-state index in [1.54, 1.807) is 25.6 Å². The van der Waals surface area contributed by atoms with Gasteiger partial charge < -0.3 is 9.84 Å². The van der Waals surface area contributed by atoms with Gasteiger partial charge >= 0.3 is 0 Å². The van der Waals surface area contributed by atoms with Crippen LogP contribution in [0.2, 0.25) is 0 Å². The maximum Gasteiger partial charge on any atom is 0.128 e. The van der Waals surface area contributed by atoms with E-state index in [0.29, 0.717) is 6.54 Å². The molecule has 0 fully saturated rings. The van der Waals surface area contributed by atoms with E-state index in [1.807, 2.05) is 36.5 Å². The van der Waals surface area contributed by atoms with Gasteiger partial charge in [-0.3, -0.25) is 4.68 Å². The highest BCUT2D eigenvalue weighted by Crippen LogP contribution is 2.28. The lowest BCUT2D eigenvalue weighted by molar-refractivity contribution is 0.0578. The summed E-state index contributed by atoms with van der Waals surface area (Å²) in [4.78, 5) is 0. The van der Waals surface area contributed by atoms with E-state index < -0.39 is 5.60 Å². The molecule has 0 saturated carbocycles.